The number of aromatic nitrogens is 3. The number of ether oxygens (including phenoxy) is 4. The molecular formula is C58H64Cl3F2N9O7S. The zero-order chi connectivity index (χ0) is 57.5. The van der Waals surface area contributed by atoms with Crippen molar-refractivity contribution < 1.29 is 42.1 Å². The highest BCUT2D eigenvalue weighted by molar-refractivity contribution is 8.03. The van der Waals surface area contributed by atoms with E-state index in [1.807, 2.05) is 52.0 Å². The van der Waals surface area contributed by atoms with Gasteiger partial charge in [-0.15, -0.1) is 22.0 Å². The molecule has 424 valence electrons. The molecule has 80 heavy (non-hydrogen) atoms. The number of aryl methyl sites for hydroxylation is 1. The zero-order valence-corrected chi connectivity index (χ0v) is 48.5. The quantitative estimate of drug-likeness (QED) is 0.0478. The molecule has 0 radical (unpaired) electrons. The van der Waals surface area contributed by atoms with Crippen LogP contribution in [0.15, 0.2) is 94.3 Å². The predicted octanol–water partition coefficient (Wildman–Crippen LogP) is 10.5. The highest BCUT2D eigenvalue weighted by atomic mass is 35.5. The second-order valence-corrected chi connectivity index (χ2v) is 23.6. The molecule has 5 aromatic rings. The van der Waals surface area contributed by atoms with E-state index in [0.29, 0.717) is 30.6 Å². The van der Waals surface area contributed by atoms with Crippen LogP contribution in [0.1, 0.15) is 103 Å². The van der Waals surface area contributed by atoms with E-state index in [1.165, 1.54) is 66.1 Å². The highest BCUT2D eigenvalue weighted by Gasteiger charge is 2.61. The second-order valence-electron chi connectivity index (χ2n) is 21.0. The van der Waals surface area contributed by atoms with Crippen molar-refractivity contribution in [1.29, 1.82) is 5.26 Å². The van der Waals surface area contributed by atoms with Gasteiger partial charge >= 0.3 is 0 Å². The van der Waals surface area contributed by atoms with Crippen LogP contribution in [0, 0.1) is 41.2 Å². The number of nitrogens with zero attached hydrogens (tertiary/aromatic N) is 5. The number of fused-ring (bicyclic) bond motifs is 3. The van der Waals surface area contributed by atoms with Gasteiger partial charge in [0.1, 0.15) is 34.7 Å². The summed E-state index contributed by atoms with van der Waals surface area (Å²) in [7, 11) is 1.38. The molecule has 4 aromatic carbocycles. The van der Waals surface area contributed by atoms with E-state index < -0.39 is 58.3 Å². The highest BCUT2D eigenvalue weighted by Crippen LogP contribution is 2.54. The summed E-state index contributed by atoms with van der Waals surface area (Å²) in [6.07, 6.45) is 0.372. The summed E-state index contributed by atoms with van der Waals surface area (Å²) in [5.74, 6) is -2.65. The van der Waals surface area contributed by atoms with Gasteiger partial charge in [0.25, 0.3) is 5.91 Å². The molecule has 1 fully saturated rings. The van der Waals surface area contributed by atoms with Crippen LogP contribution in [-0.2, 0) is 29.2 Å². The summed E-state index contributed by atoms with van der Waals surface area (Å²) in [5.41, 5.74) is 1.13. The van der Waals surface area contributed by atoms with Crippen LogP contribution in [0.3, 0.4) is 0 Å². The van der Waals surface area contributed by atoms with E-state index in [9.17, 15) is 19.6 Å². The SMILES string of the molecule is COc1cc(C(=O)NCCOCCOCCOCCNC(=O)C[C@@H]2N=C(c3ccc(Cl)cc3)C3C(C)=C(C)SC3n3c(C)nnc32)ccc1NC(=O)[C@@H]1N[C@@H](CC(C)(C)C)[C@](C#N)(c2ccc(Cl)cc2F)[C@H]1c1cccc(Cl)c1F. The number of halogens is 5. The third kappa shape index (κ3) is 13.4. The molecule has 0 saturated carbocycles. The van der Waals surface area contributed by atoms with Crippen molar-refractivity contribution in [3.63, 3.8) is 0 Å². The summed E-state index contributed by atoms with van der Waals surface area (Å²) in [5, 5.41) is 32.5. The topological polar surface area (TPSA) is 203 Å². The minimum Gasteiger partial charge on any atom is -0.495 e. The van der Waals surface area contributed by atoms with E-state index in [2.05, 4.69) is 55.9 Å². The average molecular weight is 1180 g/mol. The summed E-state index contributed by atoms with van der Waals surface area (Å²) < 4.78 is 57.0. The van der Waals surface area contributed by atoms with Crippen molar-refractivity contribution in [1.82, 2.24) is 30.7 Å². The smallest absolute Gasteiger partial charge is 0.251 e. The van der Waals surface area contributed by atoms with Crippen molar-refractivity contribution >= 4 is 75.7 Å². The molecule has 22 heteroatoms. The van der Waals surface area contributed by atoms with E-state index in [-0.39, 0.29) is 101 Å². The lowest BCUT2D eigenvalue weighted by Crippen LogP contribution is -2.45. The van der Waals surface area contributed by atoms with Crippen LogP contribution in [0.25, 0.3) is 0 Å². The van der Waals surface area contributed by atoms with Gasteiger partial charge in [0.15, 0.2) is 5.82 Å². The fourth-order valence-corrected chi connectivity index (χ4v) is 12.6. The summed E-state index contributed by atoms with van der Waals surface area (Å²) in [6, 6.07) is 20.0. The van der Waals surface area contributed by atoms with Gasteiger partial charge in [-0.2, -0.15) is 5.26 Å². The zero-order valence-electron chi connectivity index (χ0n) is 45.4. The normalized spacial score (nSPS) is 21.5. The number of nitriles is 1. The lowest BCUT2D eigenvalue weighted by Gasteiger charge is -2.37. The molecule has 3 aliphatic rings. The number of hydrogen-bond acceptors (Lipinski definition) is 13. The monoisotopic (exact) mass is 1170 g/mol. The number of carbonyl (C=O) groups excluding carboxylic acids is 3. The molecular weight excluding hydrogens is 1110 g/mol. The summed E-state index contributed by atoms with van der Waals surface area (Å²) in [6.45, 7) is 14.1. The largest absolute Gasteiger partial charge is 0.495 e. The van der Waals surface area contributed by atoms with Crippen molar-refractivity contribution in [2.75, 3.05) is 65.2 Å². The number of methoxy groups -OCH3 is 1. The maximum absolute atomic E-state index is 16.2. The fraction of sp³-hybridized carbons (Fsp3) is 0.431. The van der Waals surface area contributed by atoms with Gasteiger partial charge in [0, 0.05) is 46.2 Å². The number of benzene rings is 4. The molecule has 4 N–H and O–H groups in total. The summed E-state index contributed by atoms with van der Waals surface area (Å²) >= 11 is 20.5. The maximum atomic E-state index is 16.2. The van der Waals surface area contributed by atoms with Crippen LogP contribution in [0.5, 0.6) is 5.75 Å². The van der Waals surface area contributed by atoms with Gasteiger partial charge in [-0.3, -0.25) is 23.9 Å². The number of aliphatic imine (C=N–C) groups is 1. The second kappa shape index (κ2) is 26.3. The first-order chi connectivity index (χ1) is 38.3. The number of anilines is 1. The number of carbonyl (C=O) groups is 3. The van der Waals surface area contributed by atoms with Gasteiger partial charge in [0.05, 0.1) is 93.0 Å². The first-order valence-electron chi connectivity index (χ1n) is 26.2. The Labute approximate surface area is 483 Å². The molecule has 0 bridgehead atoms. The first kappa shape index (κ1) is 60.2. The number of rotatable bonds is 22. The Bertz CT molecular complexity index is 3210. The average Bonchev–Trinajstić information content (AvgIpc) is 4.22. The van der Waals surface area contributed by atoms with E-state index in [0.717, 1.165) is 23.2 Å². The van der Waals surface area contributed by atoms with E-state index in [4.69, 9.17) is 58.7 Å². The molecule has 3 amide bonds. The predicted molar refractivity (Wildman–Crippen MR) is 306 cm³/mol. The lowest BCUT2D eigenvalue weighted by molar-refractivity contribution is -0.121. The molecule has 1 aromatic heterocycles. The molecule has 0 spiro atoms. The molecule has 3 aliphatic heterocycles. The van der Waals surface area contributed by atoms with Gasteiger partial charge in [-0.05, 0) is 97.2 Å². The van der Waals surface area contributed by atoms with Crippen molar-refractivity contribution in [2.45, 2.75) is 89.2 Å². The van der Waals surface area contributed by atoms with Crippen molar-refractivity contribution in [2.24, 2.45) is 16.3 Å². The Kier molecular flexibility index (Phi) is 19.8. The Hall–Kier alpha value is -5.95. The van der Waals surface area contributed by atoms with Crippen molar-refractivity contribution in [3.05, 3.63) is 150 Å². The van der Waals surface area contributed by atoms with Gasteiger partial charge in [0.2, 0.25) is 11.8 Å². The Morgan fingerprint density at radius 3 is 2.20 bits per heavy atom. The van der Waals surface area contributed by atoms with Crippen LogP contribution in [0.2, 0.25) is 15.1 Å². The number of hydrogen-bond donors (Lipinski definition) is 4. The molecule has 8 rings (SSSR count). The molecule has 4 heterocycles. The molecule has 0 aliphatic carbocycles. The maximum Gasteiger partial charge on any atom is 0.251 e. The Morgan fingerprint density at radius 1 is 0.863 bits per heavy atom. The summed E-state index contributed by atoms with van der Waals surface area (Å²) in [4.78, 5) is 47.5. The number of thioether (sulfide) groups is 1. The third-order valence-corrected chi connectivity index (χ3v) is 16.6. The van der Waals surface area contributed by atoms with Gasteiger partial charge < -0.3 is 40.2 Å². The molecule has 7 atom stereocenters. The van der Waals surface area contributed by atoms with Gasteiger partial charge in [-0.1, -0.05) is 91.5 Å². The first-order valence-corrected chi connectivity index (χ1v) is 28.2. The number of allylic oxidation sites excluding steroid dienone is 2. The van der Waals surface area contributed by atoms with Crippen LogP contribution < -0.4 is 26.0 Å². The van der Waals surface area contributed by atoms with Crippen LogP contribution >= 0.6 is 46.6 Å². The number of amides is 3. The Balaban J connectivity index is 0.774. The molecule has 2 unspecified atom stereocenters. The standard InChI is InChI=1S/C58H64Cl3F2N9O7S/c1-32-33(2)80-56-48(32)51(35-11-14-37(59)15-12-35)67-44(53-71-70-34(3)72(53)56)29-47(73)65-19-21-77-23-25-79-26-24-78-22-20-66-54(74)36-13-18-43(45(27-36)76-7)68-55(75)52-49(39-9-8-10-41(61)50(39)63)58(31-64,46(69-52)30-57(4,5)6)40-17-16-38(60)28-42(40)62/h8-18,27-28,44,46,48-49,52,56,69H,19-26,29-30H2,1-7H3,(H,65,73)(H,66,74)(H,68,75)/t44-,46-,48?,49-,52+,56?,58-/m0/s1. The van der Waals surface area contributed by atoms with Crippen LogP contribution in [-0.4, -0.2) is 110 Å². The van der Waals surface area contributed by atoms with Crippen LogP contribution in [0.4, 0.5) is 14.5 Å². The third-order valence-electron chi connectivity index (χ3n) is 14.5. The molecule has 16 nitrogen and oxygen atoms in total. The van der Waals surface area contributed by atoms with Gasteiger partial charge in [-0.25, -0.2) is 8.78 Å². The van der Waals surface area contributed by atoms with E-state index in [1.54, 1.807) is 11.8 Å². The number of nitrogens with one attached hydrogen (secondary N) is 4. The lowest BCUT2D eigenvalue weighted by atomic mass is 9.62. The van der Waals surface area contributed by atoms with E-state index >= 15 is 8.78 Å². The Morgan fingerprint density at radius 2 is 1.54 bits per heavy atom. The minimum atomic E-state index is -1.82. The van der Waals surface area contributed by atoms with Crippen molar-refractivity contribution in [3.8, 4) is 11.8 Å². The minimum absolute atomic E-state index is 0.0227. The fourth-order valence-electron chi connectivity index (χ4n) is 10.7. The molecule has 1 saturated heterocycles.